The van der Waals surface area contributed by atoms with Crippen LogP contribution >= 0.6 is 7.82 Å². The van der Waals surface area contributed by atoms with E-state index >= 15 is 0 Å². The molecule has 0 spiro atoms. The average Bonchev–Trinajstić information content (AvgIpc) is 1.35. The summed E-state index contributed by atoms with van der Waals surface area (Å²) in [6.07, 6.45) is 0. The van der Waals surface area contributed by atoms with Crippen LogP contribution in [0.15, 0.2) is 0 Å². The summed E-state index contributed by atoms with van der Waals surface area (Å²) in [7, 11) is -4.00. The van der Waals surface area contributed by atoms with E-state index < -0.39 is 7.82 Å². The Bertz CT molecular complexity index is 82.6. The molecule has 0 atom stereocenters. The summed E-state index contributed by atoms with van der Waals surface area (Å²) in [6.45, 7) is 0. The van der Waals surface area contributed by atoms with Gasteiger partial charge in [0.1, 0.15) is 0 Å². The number of phosphoric acid groups is 1. The third-order valence-electron chi connectivity index (χ3n) is 0.238. The summed E-state index contributed by atoms with van der Waals surface area (Å²) in [5.74, 6) is 0. The van der Waals surface area contributed by atoms with E-state index in [-0.39, 0.29) is 36.4 Å². The van der Waals surface area contributed by atoms with Gasteiger partial charge in [0.25, 0.3) is 0 Å². The van der Waals surface area contributed by atoms with Gasteiger partial charge >= 0.3 is 30.9 Å². The van der Waals surface area contributed by atoms with E-state index in [9.17, 15) is 4.57 Å². The van der Waals surface area contributed by atoms with Crippen molar-refractivity contribution in [2.75, 3.05) is 0 Å². The Balaban J connectivity index is -0.0000000417. The fraction of sp³-hybridized carbons (Fsp3) is 0. The van der Waals surface area contributed by atoms with E-state index in [1.807, 2.05) is 0 Å². The van der Waals surface area contributed by atoms with Gasteiger partial charge in [0.2, 0.25) is 0 Å². The van der Waals surface area contributed by atoms with Gasteiger partial charge in [-0.15, -0.1) is 0 Å². The molecule has 0 aromatic heterocycles. The predicted octanol–water partition coefficient (Wildman–Crippen LogP) is -1.78. The van der Waals surface area contributed by atoms with Gasteiger partial charge in [-0.1, -0.05) is 0 Å². The van der Waals surface area contributed by atoms with Crippen molar-refractivity contribution >= 4 is 41.4 Å². The SMILES string of the molecule is O=P(O)(O)O[SiH3].[H-].[H-].[Mg+2]. The molecule has 0 amide bonds. The van der Waals surface area contributed by atoms with E-state index in [1.54, 1.807) is 0 Å². The first kappa shape index (κ1) is 11.0. The van der Waals surface area contributed by atoms with Crippen LogP contribution in [0.25, 0.3) is 0 Å². The first-order valence-electron chi connectivity index (χ1n) is 1.17. The third kappa shape index (κ3) is 11.0. The summed E-state index contributed by atoms with van der Waals surface area (Å²) >= 11 is 0. The van der Waals surface area contributed by atoms with E-state index in [0.717, 1.165) is 0 Å². The molecular weight excluding hydrogens is 147 g/mol. The molecule has 0 aliphatic rings. The van der Waals surface area contributed by atoms with Crippen molar-refractivity contribution in [3.8, 4) is 0 Å². The van der Waals surface area contributed by atoms with Crippen molar-refractivity contribution in [3.63, 3.8) is 0 Å². The molecule has 7 heteroatoms. The molecule has 0 saturated carbocycles. The molecule has 7 heavy (non-hydrogen) atoms. The molecule has 0 rings (SSSR count). The van der Waals surface area contributed by atoms with Gasteiger partial charge in [-0.05, 0) is 0 Å². The smallest absolute Gasteiger partial charge is 1.00 e. The Morgan fingerprint density at radius 1 is 1.71 bits per heavy atom. The molecule has 2 N–H and O–H groups in total. The summed E-state index contributed by atoms with van der Waals surface area (Å²) in [6, 6.07) is 0. The molecular formula is H7MgO4PSi. The number of rotatable bonds is 1. The van der Waals surface area contributed by atoms with Gasteiger partial charge in [0, 0.05) is 0 Å². The van der Waals surface area contributed by atoms with Crippen LogP contribution in [0, 0.1) is 0 Å². The summed E-state index contributed by atoms with van der Waals surface area (Å²) in [5, 5.41) is 0. The normalized spacial score (nSPS) is 10.6. The van der Waals surface area contributed by atoms with Gasteiger partial charge in [-0.2, -0.15) is 0 Å². The van der Waals surface area contributed by atoms with E-state index in [2.05, 4.69) is 4.21 Å². The number of hydrogen-bond donors (Lipinski definition) is 2. The Kier molecular flexibility index (Phi) is 6.30. The topological polar surface area (TPSA) is 66.8 Å². The Hall–Kier alpha value is 1.09. The molecule has 0 saturated heterocycles. The predicted molar refractivity (Wildman–Crippen MR) is 31.0 cm³/mol. The van der Waals surface area contributed by atoms with Crippen LogP contribution in [0.5, 0.6) is 0 Å². The Morgan fingerprint density at radius 2 is 1.86 bits per heavy atom. The van der Waals surface area contributed by atoms with Gasteiger partial charge < -0.3 is 16.9 Å². The zero-order valence-corrected chi connectivity index (χ0v) is 8.17. The third-order valence-corrected chi connectivity index (χ3v) is 2.14. The van der Waals surface area contributed by atoms with Crippen LogP contribution in [0.2, 0.25) is 0 Å². The second kappa shape index (κ2) is 4.02. The van der Waals surface area contributed by atoms with Crippen molar-refractivity contribution in [1.82, 2.24) is 0 Å². The van der Waals surface area contributed by atoms with Crippen LogP contribution in [0.1, 0.15) is 2.85 Å². The van der Waals surface area contributed by atoms with Crippen LogP contribution in [-0.4, -0.2) is 43.3 Å². The molecule has 0 aromatic rings. The zero-order valence-electron chi connectivity index (χ0n) is 5.87. The Morgan fingerprint density at radius 3 is 1.86 bits per heavy atom. The average molecular weight is 154 g/mol. The fourth-order valence-corrected chi connectivity index (χ4v) is 0. The quantitative estimate of drug-likeness (QED) is 0.346. The minimum absolute atomic E-state index is 0. The monoisotopic (exact) mass is 154 g/mol. The molecule has 42 valence electrons. The zero-order chi connectivity index (χ0) is 5.21. The first-order valence-corrected chi connectivity index (χ1v) is 3.52. The summed E-state index contributed by atoms with van der Waals surface area (Å²) in [5.41, 5.74) is 0. The minimum Gasteiger partial charge on any atom is -1.00 e. The van der Waals surface area contributed by atoms with Crippen LogP contribution in [0.4, 0.5) is 0 Å². The van der Waals surface area contributed by atoms with Crippen molar-refractivity contribution in [2.45, 2.75) is 0 Å². The van der Waals surface area contributed by atoms with Crippen molar-refractivity contribution in [1.29, 1.82) is 0 Å². The van der Waals surface area contributed by atoms with Crippen molar-refractivity contribution in [3.05, 3.63) is 0 Å². The maximum Gasteiger partial charge on any atom is 2.00 e. The molecule has 4 nitrogen and oxygen atoms in total. The van der Waals surface area contributed by atoms with Crippen LogP contribution < -0.4 is 0 Å². The second-order valence-corrected chi connectivity index (χ2v) is 3.11. The second-order valence-electron chi connectivity index (χ2n) is 0.673. The fourth-order valence-electron chi connectivity index (χ4n) is 0. The van der Waals surface area contributed by atoms with Crippen LogP contribution in [0.3, 0.4) is 0 Å². The van der Waals surface area contributed by atoms with Crippen molar-refractivity contribution in [2.24, 2.45) is 0 Å². The van der Waals surface area contributed by atoms with E-state index in [4.69, 9.17) is 9.79 Å². The molecule has 0 heterocycles. The van der Waals surface area contributed by atoms with Gasteiger partial charge in [-0.3, -0.25) is 0 Å². The summed E-state index contributed by atoms with van der Waals surface area (Å²) < 4.78 is 13.2. The van der Waals surface area contributed by atoms with Crippen LogP contribution in [-0.2, 0) is 8.78 Å². The van der Waals surface area contributed by atoms with Gasteiger partial charge in [-0.25, -0.2) is 4.57 Å². The summed E-state index contributed by atoms with van der Waals surface area (Å²) in [4.78, 5) is 15.5. The maximum atomic E-state index is 9.51. The number of hydrogen-bond acceptors (Lipinski definition) is 2. The molecule has 0 bridgehead atoms. The maximum absolute atomic E-state index is 9.51. The van der Waals surface area contributed by atoms with Gasteiger partial charge in [0.15, 0.2) is 10.5 Å². The molecule has 0 unspecified atom stereocenters. The first-order chi connectivity index (χ1) is 2.56. The molecule has 0 aliphatic heterocycles. The standard InChI is InChI=1S/Mg.H5O4PSi.2H/c;1-5(2,3)4-6;;/h;6H3,(H2,1,2,3);;/q+2;;2*-1. The molecule has 0 aliphatic carbocycles. The Labute approximate surface area is 63.2 Å². The van der Waals surface area contributed by atoms with Crippen molar-refractivity contribution < 1.29 is 21.4 Å². The molecule has 0 radical (unpaired) electrons. The van der Waals surface area contributed by atoms with E-state index in [1.165, 1.54) is 0 Å². The van der Waals surface area contributed by atoms with E-state index in [0.29, 0.717) is 0 Å². The largest absolute Gasteiger partial charge is 2.00 e. The minimum atomic E-state index is -4.08. The molecule has 0 aromatic carbocycles. The van der Waals surface area contributed by atoms with Gasteiger partial charge in [0.05, 0.1) is 0 Å². The molecule has 0 fully saturated rings.